The fraction of sp³-hybridized carbons (Fsp3) is 0.333. The van der Waals surface area contributed by atoms with E-state index < -0.39 is 0 Å². The normalized spacial score (nSPS) is 13.9. The van der Waals surface area contributed by atoms with Crippen LogP contribution in [-0.2, 0) is 6.42 Å². The molecule has 112 valence electrons. The second kappa shape index (κ2) is 8.23. The summed E-state index contributed by atoms with van der Waals surface area (Å²) in [5.41, 5.74) is 2.49. The van der Waals surface area contributed by atoms with Gasteiger partial charge in [-0.05, 0) is 42.9 Å². The fourth-order valence-corrected chi connectivity index (χ4v) is 2.83. The molecule has 0 radical (unpaired) electrons. The summed E-state index contributed by atoms with van der Waals surface area (Å²) in [5, 5.41) is 13.1. The monoisotopic (exact) mass is 301 g/mol. The molecule has 0 aliphatic rings. The number of benzene rings is 2. The molecule has 0 heterocycles. The summed E-state index contributed by atoms with van der Waals surface area (Å²) in [6, 6.07) is 19.2. The van der Waals surface area contributed by atoms with Crippen LogP contribution in [0.2, 0.25) is 0 Å². The molecule has 2 nitrogen and oxygen atoms in total. The minimum absolute atomic E-state index is 0.0719. The predicted molar refractivity (Wildman–Crippen MR) is 90.8 cm³/mol. The molecule has 2 rings (SSSR count). The van der Waals surface area contributed by atoms with E-state index in [1.807, 2.05) is 18.2 Å². The minimum atomic E-state index is 0.0719. The van der Waals surface area contributed by atoms with Crippen LogP contribution in [-0.4, -0.2) is 24.0 Å². The van der Waals surface area contributed by atoms with Crippen molar-refractivity contribution < 1.29 is 5.11 Å². The molecule has 0 saturated carbocycles. The Morgan fingerprint density at radius 2 is 1.71 bits per heavy atom. The number of hydrogen-bond donors (Lipinski definition) is 2. The van der Waals surface area contributed by atoms with Crippen LogP contribution in [0, 0.1) is 0 Å². The molecular weight excluding hydrogens is 278 g/mol. The average molecular weight is 301 g/mol. The fourth-order valence-electron chi connectivity index (χ4n) is 2.42. The summed E-state index contributed by atoms with van der Waals surface area (Å²) >= 11 is 1.75. The van der Waals surface area contributed by atoms with Crippen molar-refractivity contribution in [3.05, 3.63) is 65.7 Å². The summed E-state index contributed by atoms with van der Waals surface area (Å²) < 4.78 is 0. The molecular formula is C18H23NOS. The highest BCUT2D eigenvalue weighted by Gasteiger charge is 2.13. The van der Waals surface area contributed by atoms with Crippen molar-refractivity contribution in [1.29, 1.82) is 0 Å². The van der Waals surface area contributed by atoms with Gasteiger partial charge in [-0.15, -0.1) is 11.8 Å². The molecule has 2 aromatic carbocycles. The zero-order chi connectivity index (χ0) is 15.1. The maximum atomic E-state index is 9.60. The third-order valence-electron chi connectivity index (χ3n) is 3.65. The molecule has 0 saturated heterocycles. The van der Waals surface area contributed by atoms with E-state index in [4.69, 9.17) is 0 Å². The Hall–Kier alpha value is -1.29. The van der Waals surface area contributed by atoms with Gasteiger partial charge < -0.3 is 10.4 Å². The second-order valence-corrected chi connectivity index (χ2v) is 6.11. The first kappa shape index (κ1) is 16.1. The van der Waals surface area contributed by atoms with E-state index in [1.165, 1.54) is 16.0 Å². The van der Waals surface area contributed by atoms with Crippen LogP contribution in [0.1, 0.15) is 24.1 Å². The molecule has 3 heteroatoms. The number of aliphatic hydroxyl groups excluding tert-OH is 1. The van der Waals surface area contributed by atoms with E-state index in [9.17, 15) is 5.11 Å². The van der Waals surface area contributed by atoms with Gasteiger partial charge in [-0.3, -0.25) is 0 Å². The first-order valence-corrected chi connectivity index (χ1v) is 8.50. The van der Waals surface area contributed by atoms with E-state index in [1.54, 1.807) is 11.8 Å². The molecule has 21 heavy (non-hydrogen) atoms. The summed E-state index contributed by atoms with van der Waals surface area (Å²) in [7, 11) is 0. The highest BCUT2D eigenvalue weighted by Crippen LogP contribution is 2.19. The lowest BCUT2D eigenvalue weighted by atomic mass is 10.0. The maximum absolute atomic E-state index is 9.60. The Kier molecular flexibility index (Phi) is 6.30. The summed E-state index contributed by atoms with van der Waals surface area (Å²) in [4.78, 5) is 1.27. The summed E-state index contributed by atoms with van der Waals surface area (Å²) in [5.74, 6) is 0. The zero-order valence-electron chi connectivity index (χ0n) is 12.6. The lowest BCUT2D eigenvalue weighted by Crippen LogP contribution is -2.36. The predicted octanol–water partition coefficient (Wildman–Crippen LogP) is 3.66. The van der Waals surface area contributed by atoms with Crippen molar-refractivity contribution >= 4 is 11.8 Å². The largest absolute Gasteiger partial charge is 0.395 e. The van der Waals surface area contributed by atoms with Gasteiger partial charge in [0.1, 0.15) is 0 Å². The van der Waals surface area contributed by atoms with Crippen LogP contribution in [0.25, 0.3) is 0 Å². The maximum Gasteiger partial charge on any atom is 0.0588 e. The quantitative estimate of drug-likeness (QED) is 0.766. The highest BCUT2D eigenvalue weighted by atomic mass is 32.2. The van der Waals surface area contributed by atoms with Gasteiger partial charge in [0.25, 0.3) is 0 Å². The van der Waals surface area contributed by atoms with Gasteiger partial charge in [-0.1, -0.05) is 42.5 Å². The molecule has 0 amide bonds. The molecule has 0 spiro atoms. The first-order chi connectivity index (χ1) is 10.2. The molecule has 2 aromatic rings. The number of thioether (sulfide) groups is 1. The van der Waals surface area contributed by atoms with Crippen LogP contribution in [0.15, 0.2) is 59.5 Å². The summed E-state index contributed by atoms with van der Waals surface area (Å²) in [6.45, 7) is 2.28. The number of nitrogens with one attached hydrogen (secondary N) is 1. The standard InChI is InChI=1S/C18H23NOS/c1-14(16-8-10-18(21-2)11-9-16)19-17(13-20)12-15-6-4-3-5-7-15/h3-11,14,17,19-20H,12-13H2,1-2H3/t14?,17-/m1/s1. The van der Waals surface area contributed by atoms with Crippen molar-refractivity contribution in [3.8, 4) is 0 Å². The first-order valence-electron chi connectivity index (χ1n) is 7.27. The topological polar surface area (TPSA) is 32.3 Å². The molecule has 2 atom stereocenters. The van der Waals surface area contributed by atoms with Crippen molar-refractivity contribution in [2.45, 2.75) is 30.3 Å². The minimum Gasteiger partial charge on any atom is -0.395 e. The molecule has 0 aliphatic heterocycles. The van der Waals surface area contributed by atoms with Gasteiger partial charge in [-0.2, -0.15) is 0 Å². The van der Waals surface area contributed by atoms with Crippen LogP contribution >= 0.6 is 11.8 Å². The van der Waals surface area contributed by atoms with Crippen molar-refractivity contribution in [3.63, 3.8) is 0 Å². The van der Waals surface area contributed by atoms with E-state index in [2.05, 4.69) is 54.9 Å². The Morgan fingerprint density at radius 3 is 2.29 bits per heavy atom. The Morgan fingerprint density at radius 1 is 1.05 bits per heavy atom. The second-order valence-electron chi connectivity index (χ2n) is 5.23. The molecule has 0 aliphatic carbocycles. The van der Waals surface area contributed by atoms with Gasteiger partial charge in [0.15, 0.2) is 0 Å². The third-order valence-corrected chi connectivity index (χ3v) is 4.39. The number of rotatable bonds is 7. The smallest absolute Gasteiger partial charge is 0.0588 e. The van der Waals surface area contributed by atoms with E-state index in [-0.39, 0.29) is 18.7 Å². The Bertz CT molecular complexity index is 527. The van der Waals surface area contributed by atoms with Crippen LogP contribution in [0.5, 0.6) is 0 Å². The van der Waals surface area contributed by atoms with Gasteiger partial charge in [-0.25, -0.2) is 0 Å². The lowest BCUT2D eigenvalue weighted by Gasteiger charge is -2.22. The van der Waals surface area contributed by atoms with Crippen LogP contribution in [0.4, 0.5) is 0 Å². The van der Waals surface area contributed by atoms with Gasteiger partial charge >= 0.3 is 0 Å². The molecule has 1 unspecified atom stereocenters. The molecule has 0 fully saturated rings. The number of hydrogen-bond acceptors (Lipinski definition) is 3. The average Bonchev–Trinajstić information content (AvgIpc) is 2.55. The number of aliphatic hydroxyl groups is 1. The molecule has 0 bridgehead atoms. The van der Waals surface area contributed by atoms with Gasteiger partial charge in [0, 0.05) is 17.0 Å². The Balaban J connectivity index is 1.96. The van der Waals surface area contributed by atoms with Crippen LogP contribution < -0.4 is 5.32 Å². The van der Waals surface area contributed by atoms with E-state index >= 15 is 0 Å². The van der Waals surface area contributed by atoms with Gasteiger partial charge in [0.05, 0.1) is 6.61 Å². The third kappa shape index (κ3) is 4.88. The Labute approximate surface area is 131 Å². The van der Waals surface area contributed by atoms with E-state index in [0.717, 1.165) is 6.42 Å². The lowest BCUT2D eigenvalue weighted by molar-refractivity contribution is 0.232. The molecule has 2 N–H and O–H groups in total. The van der Waals surface area contributed by atoms with Crippen molar-refractivity contribution in [2.75, 3.05) is 12.9 Å². The highest BCUT2D eigenvalue weighted by molar-refractivity contribution is 7.98. The molecule has 0 aromatic heterocycles. The zero-order valence-corrected chi connectivity index (χ0v) is 13.4. The van der Waals surface area contributed by atoms with Crippen molar-refractivity contribution in [1.82, 2.24) is 5.32 Å². The van der Waals surface area contributed by atoms with Gasteiger partial charge in [0.2, 0.25) is 0 Å². The van der Waals surface area contributed by atoms with Crippen molar-refractivity contribution in [2.24, 2.45) is 0 Å². The summed E-state index contributed by atoms with van der Waals surface area (Å²) in [6.07, 6.45) is 2.92. The van der Waals surface area contributed by atoms with E-state index in [0.29, 0.717) is 0 Å². The SMILES string of the molecule is CSc1ccc(C(C)N[C@@H](CO)Cc2ccccc2)cc1. The van der Waals surface area contributed by atoms with Crippen LogP contribution in [0.3, 0.4) is 0 Å².